The van der Waals surface area contributed by atoms with Crippen LogP contribution < -0.4 is 4.90 Å². The van der Waals surface area contributed by atoms with E-state index in [1.54, 1.807) is 0 Å². The molecule has 0 saturated carbocycles. The molecule has 0 fully saturated rings. The van der Waals surface area contributed by atoms with Crippen molar-refractivity contribution >= 4 is 38.6 Å². The predicted octanol–water partition coefficient (Wildman–Crippen LogP) is 12.4. The Hall–Kier alpha value is -5.92. The monoisotopic (exact) mass is 571 g/mol. The summed E-state index contributed by atoms with van der Waals surface area (Å²) < 4.78 is 0. The van der Waals surface area contributed by atoms with E-state index in [4.69, 9.17) is 0 Å². The van der Waals surface area contributed by atoms with Crippen molar-refractivity contribution in [2.45, 2.75) is 0 Å². The van der Waals surface area contributed by atoms with Crippen LogP contribution in [0.3, 0.4) is 0 Å². The van der Waals surface area contributed by atoms with E-state index in [-0.39, 0.29) is 0 Å². The maximum absolute atomic E-state index is 2.46. The Morgan fingerprint density at radius 1 is 0.311 bits per heavy atom. The van der Waals surface area contributed by atoms with Crippen LogP contribution in [0.5, 0.6) is 0 Å². The molecule has 1 aliphatic rings. The fraction of sp³-hybridized carbons (Fsp3) is 0. The lowest BCUT2D eigenvalue weighted by atomic mass is 9.76. The number of hydrogen-bond donors (Lipinski definition) is 0. The van der Waals surface area contributed by atoms with E-state index in [0.717, 1.165) is 11.4 Å². The van der Waals surface area contributed by atoms with Gasteiger partial charge in [-0.05, 0) is 97.6 Å². The van der Waals surface area contributed by atoms with Crippen molar-refractivity contribution in [1.82, 2.24) is 0 Å². The topological polar surface area (TPSA) is 3.24 Å². The number of nitrogens with zero attached hydrogens (tertiary/aromatic N) is 1. The zero-order valence-electron chi connectivity index (χ0n) is 24.7. The number of benzene rings is 8. The zero-order chi connectivity index (χ0) is 29.7. The molecule has 9 rings (SSSR count). The van der Waals surface area contributed by atoms with Gasteiger partial charge in [-0.1, -0.05) is 133 Å². The summed E-state index contributed by atoms with van der Waals surface area (Å²) in [6.07, 6.45) is 0. The highest BCUT2D eigenvalue weighted by Crippen LogP contribution is 2.58. The van der Waals surface area contributed by atoms with E-state index in [1.165, 1.54) is 71.7 Å². The van der Waals surface area contributed by atoms with Crippen molar-refractivity contribution in [3.63, 3.8) is 0 Å². The van der Waals surface area contributed by atoms with Crippen LogP contribution in [-0.4, -0.2) is 0 Å². The Kier molecular flexibility index (Phi) is 5.89. The van der Waals surface area contributed by atoms with Crippen LogP contribution in [0.1, 0.15) is 0 Å². The van der Waals surface area contributed by atoms with Gasteiger partial charge in [0, 0.05) is 22.3 Å². The molecule has 0 N–H and O–H groups in total. The molecular formula is C44H29N. The van der Waals surface area contributed by atoms with Crippen LogP contribution >= 0.6 is 0 Å². The summed E-state index contributed by atoms with van der Waals surface area (Å²) in [7, 11) is 0. The normalized spacial score (nSPS) is 11.6. The minimum Gasteiger partial charge on any atom is -0.309 e. The third-order valence-corrected chi connectivity index (χ3v) is 9.16. The molecule has 0 saturated heterocycles. The number of anilines is 3. The molecule has 0 heterocycles. The molecule has 1 nitrogen and oxygen atoms in total. The summed E-state index contributed by atoms with van der Waals surface area (Å²) in [4.78, 5) is 2.46. The lowest BCUT2D eigenvalue weighted by Gasteiger charge is -2.35. The van der Waals surface area contributed by atoms with Gasteiger partial charge in [-0.25, -0.2) is 0 Å². The minimum absolute atomic E-state index is 1.13. The van der Waals surface area contributed by atoms with Crippen molar-refractivity contribution in [3.05, 3.63) is 176 Å². The molecule has 0 aromatic heterocycles. The van der Waals surface area contributed by atoms with Crippen LogP contribution in [0.2, 0.25) is 0 Å². The molecule has 8 aromatic carbocycles. The van der Waals surface area contributed by atoms with Crippen LogP contribution in [-0.2, 0) is 0 Å². The van der Waals surface area contributed by atoms with Gasteiger partial charge >= 0.3 is 0 Å². The van der Waals surface area contributed by atoms with Gasteiger partial charge in [0.2, 0.25) is 0 Å². The summed E-state index contributed by atoms with van der Waals surface area (Å²) in [6.45, 7) is 0. The number of fused-ring (bicyclic) bond motifs is 6. The van der Waals surface area contributed by atoms with Crippen molar-refractivity contribution in [2.75, 3.05) is 4.90 Å². The Labute approximate surface area is 263 Å². The van der Waals surface area contributed by atoms with Gasteiger partial charge in [-0.15, -0.1) is 0 Å². The first-order valence-electron chi connectivity index (χ1n) is 15.5. The zero-order valence-corrected chi connectivity index (χ0v) is 24.7. The van der Waals surface area contributed by atoms with Crippen LogP contribution in [0, 0.1) is 0 Å². The van der Waals surface area contributed by atoms with E-state index in [9.17, 15) is 0 Å². The van der Waals surface area contributed by atoms with Gasteiger partial charge in [0.25, 0.3) is 0 Å². The molecule has 0 bridgehead atoms. The molecule has 0 unspecified atom stereocenters. The highest BCUT2D eigenvalue weighted by atomic mass is 15.1. The first-order chi connectivity index (χ1) is 22.3. The molecule has 1 aliphatic carbocycles. The second-order valence-electron chi connectivity index (χ2n) is 11.8. The highest BCUT2D eigenvalue weighted by Gasteiger charge is 2.31. The molecule has 1 heteroatoms. The fourth-order valence-corrected chi connectivity index (χ4v) is 6.93. The first-order valence-corrected chi connectivity index (χ1v) is 15.5. The standard InChI is InChI=1S/C44H29N/c1-3-11-30(12-4-1)32-19-23-37(24-20-32)45(38-25-21-33(22-26-38)31-13-5-2-6-14-31)44-39-18-10-9-17-36(39)29-42-40-27-34-15-7-8-16-35(34)28-41(40)43(42)44/h1-29H. The van der Waals surface area contributed by atoms with Crippen molar-refractivity contribution in [1.29, 1.82) is 0 Å². The lowest BCUT2D eigenvalue weighted by molar-refractivity contribution is 1.29. The summed E-state index contributed by atoms with van der Waals surface area (Å²) in [5.41, 5.74) is 13.6. The quantitative estimate of drug-likeness (QED) is 0.199. The molecule has 210 valence electrons. The lowest BCUT2D eigenvalue weighted by Crippen LogP contribution is -2.15. The summed E-state index contributed by atoms with van der Waals surface area (Å²) in [6, 6.07) is 63.9. The largest absolute Gasteiger partial charge is 0.309 e. The third kappa shape index (κ3) is 4.24. The van der Waals surface area contributed by atoms with Crippen molar-refractivity contribution in [3.8, 4) is 44.5 Å². The predicted molar refractivity (Wildman–Crippen MR) is 191 cm³/mol. The van der Waals surface area contributed by atoms with Gasteiger partial charge in [0.15, 0.2) is 0 Å². The Bertz CT molecular complexity index is 2250. The van der Waals surface area contributed by atoms with E-state index >= 15 is 0 Å². The molecule has 45 heavy (non-hydrogen) atoms. The molecule has 0 spiro atoms. The minimum atomic E-state index is 1.13. The molecule has 8 aromatic rings. The summed E-state index contributed by atoms with van der Waals surface area (Å²) in [5.74, 6) is 0. The average molecular weight is 572 g/mol. The highest BCUT2D eigenvalue weighted by molar-refractivity contribution is 6.20. The Morgan fingerprint density at radius 3 is 1.29 bits per heavy atom. The molecule has 0 amide bonds. The Morgan fingerprint density at radius 2 is 0.733 bits per heavy atom. The van der Waals surface area contributed by atoms with Crippen LogP contribution in [0.15, 0.2) is 176 Å². The van der Waals surface area contributed by atoms with E-state index in [2.05, 4.69) is 181 Å². The second kappa shape index (κ2) is 10.4. The van der Waals surface area contributed by atoms with Crippen molar-refractivity contribution in [2.24, 2.45) is 0 Å². The van der Waals surface area contributed by atoms with Gasteiger partial charge in [0.1, 0.15) is 0 Å². The van der Waals surface area contributed by atoms with Crippen LogP contribution in [0.25, 0.3) is 66.1 Å². The Balaban J connectivity index is 1.28. The van der Waals surface area contributed by atoms with E-state index < -0.39 is 0 Å². The van der Waals surface area contributed by atoms with Gasteiger partial charge in [-0.2, -0.15) is 0 Å². The SMILES string of the molecule is c1ccc(-c2ccc(N(c3ccc(-c4ccccc4)cc3)c3c4c(cc5ccccc35)-c3cc5ccccc5cc3-4)cc2)cc1. The first kappa shape index (κ1) is 25.6. The number of hydrogen-bond acceptors (Lipinski definition) is 1. The smallest absolute Gasteiger partial charge is 0.0624 e. The molecule has 0 aliphatic heterocycles. The molecule has 0 radical (unpaired) electrons. The van der Waals surface area contributed by atoms with Gasteiger partial charge in [-0.3, -0.25) is 0 Å². The van der Waals surface area contributed by atoms with Crippen molar-refractivity contribution < 1.29 is 0 Å². The molecular weight excluding hydrogens is 542 g/mol. The second-order valence-corrected chi connectivity index (χ2v) is 11.8. The summed E-state index contributed by atoms with van der Waals surface area (Å²) in [5, 5.41) is 5.04. The maximum atomic E-state index is 2.46. The average Bonchev–Trinajstić information content (AvgIpc) is 3.12. The molecule has 0 atom stereocenters. The number of rotatable bonds is 5. The van der Waals surface area contributed by atoms with Gasteiger partial charge < -0.3 is 4.90 Å². The fourth-order valence-electron chi connectivity index (χ4n) is 6.93. The van der Waals surface area contributed by atoms with E-state index in [1.807, 2.05) is 0 Å². The summed E-state index contributed by atoms with van der Waals surface area (Å²) >= 11 is 0. The van der Waals surface area contributed by atoms with E-state index in [0.29, 0.717) is 0 Å². The maximum Gasteiger partial charge on any atom is 0.0624 e. The third-order valence-electron chi connectivity index (χ3n) is 9.16. The van der Waals surface area contributed by atoms with Gasteiger partial charge in [0.05, 0.1) is 5.69 Å². The van der Waals surface area contributed by atoms with Crippen LogP contribution in [0.4, 0.5) is 17.1 Å².